The summed E-state index contributed by atoms with van der Waals surface area (Å²) in [4.78, 5) is 0. The van der Waals surface area contributed by atoms with Gasteiger partial charge in [-0.05, 0) is 23.5 Å². The molecule has 0 aliphatic rings. The first-order valence-electron chi connectivity index (χ1n) is 3.67. The lowest BCUT2D eigenvalue weighted by Crippen LogP contribution is -2.24. The van der Waals surface area contributed by atoms with Gasteiger partial charge in [0.1, 0.15) is 0 Å². The van der Waals surface area contributed by atoms with Gasteiger partial charge in [0.2, 0.25) is 0 Å². The minimum atomic E-state index is 0.448. The molecule has 0 aromatic carbocycles. The van der Waals surface area contributed by atoms with Crippen LogP contribution in [-0.4, -0.2) is 5.75 Å². The Kier molecular flexibility index (Phi) is 3.64. The molecule has 0 amide bonds. The Morgan fingerprint density at radius 3 is 1.89 bits per heavy atom. The highest BCUT2D eigenvalue weighted by Gasteiger charge is 2.23. The second-order valence-corrected chi connectivity index (χ2v) is 3.64. The minimum absolute atomic E-state index is 0.448. The van der Waals surface area contributed by atoms with Gasteiger partial charge in [0.25, 0.3) is 0 Å². The van der Waals surface area contributed by atoms with Gasteiger partial charge < -0.3 is 0 Å². The molecule has 0 saturated heterocycles. The Labute approximate surface area is 64.4 Å². The van der Waals surface area contributed by atoms with Crippen LogP contribution in [0.3, 0.4) is 0 Å². The topological polar surface area (TPSA) is 0 Å². The average Bonchev–Trinajstić information content (AvgIpc) is 1.86. The molecule has 0 aromatic heterocycles. The molecular weight excluding hydrogens is 128 g/mol. The van der Waals surface area contributed by atoms with Crippen LogP contribution in [-0.2, 0) is 0 Å². The van der Waals surface area contributed by atoms with Crippen molar-refractivity contribution in [1.29, 1.82) is 0 Å². The predicted molar refractivity (Wildman–Crippen MR) is 47.1 cm³/mol. The Bertz CT molecular complexity index is 72.6. The molecule has 0 rings (SSSR count). The van der Waals surface area contributed by atoms with Crippen LogP contribution in [0.25, 0.3) is 0 Å². The minimum Gasteiger partial charge on any atom is -0.179 e. The molecule has 0 N–H and O–H groups in total. The summed E-state index contributed by atoms with van der Waals surface area (Å²) in [7, 11) is 0. The van der Waals surface area contributed by atoms with E-state index < -0.39 is 0 Å². The Morgan fingerprint density at radius 1 is 1.44 bits per heavy atom. The largest absolute Gasteiger partial charge is 0.179 e. The van der Waals surface area contributed by atoms with Crippen molar-refractivity contribution in [2.75, 3.05) is 5.75 Å². The van der Waals surface area contributed by atoms with Crippen molar-refractivity contribution in [3.05, 3.63) is 0 Å². The first kappa shape index (κ1) is 9.35. The molecule has 1 heteroatoms. The van der Waals surface area contributed by atoms with Gasteiger partial charge in [-0.25, -0.2) is 0 Å². The zero-order valence-electron chi connectivity index (χ0n) is 6.94. The van der Waals surface area contributed by atoms with Gasteiger partial charge in [0.15, 0.2) is 0 Å². The van der Waals surface area contributed by atoms with E-state index in [0.717, 1.165) is 11.7 Å². The normalized spacial score (nSPS) is 18.0. The Hall–Kier alpha value is 0.350. The van der Waals surface area contributed by atoms with Gasteiger partial charge in [0, 0.05) is 0 Å². The molecule has 0 fully saturated rings. The Balaban J connectivity index is 3.92. The number of hydrogen-bond acceptors (Lipinski definition) is 1. The van der Waals surface area contributed by atoms with Crippen molar-refractivity contribution in [2.24, 2.45) is 11.3 Å². The van der Waals surface area contributed by atoms with Crippen LogP contribution in [0.4, 0.5) is 0 Å². The first-order chi connectivity index (χ1) is 4.06. The monoisotopic (exact) mass is 146 g/mol. The van der Waals surface area contributed by atoms with E-state index in [-0.39, 0.29) is 0 Å². The maximum atomic E-state index is 4.32. The molecule has 1 atom stereocenters. The third kappa shape index (κ3) is 2.21. The zero-order chi connectivity index (χ0) is 7.49. The van der Waals surface area contributed by atoms with E-state index in [4.69, 9.17) is 0 Å². The van der Waals surface area contributed by atoms with Crippen LogP contribution < -0.4 is 0 Å². The van der Waals surface area contributed by atoms with Crippen LogP contribution in [0.2, 0.25) is 0 Å². The summed E-state index contributed by atoms with van der Waals surface area (Å²) in [6.07, 6.45) is 1.23. The fraction of sp³-hybridized carbons (Fsp3) is 1.00. The predicted octanol–water partition coefficient (Wildman–Crippen LogP) is 2.99. The van der Waals surface area contributed by atoms with Gasteiger partial charge in [-0.2, -0.15) is 12.6 Å². The lowest BCUT2D eigenvalue weighted by atomic mass is 9.79. The molecule has 0 radical (unpaired) electrons. The lowest BCUT2D eigenvalue weighted by Gasteiger charge is -2.30. The molecule has 0 bridgehead atoms. The standard InChI is InChI=1S/C8H18S/c1-5-8(4,6-9)7(2)3/h7,9H,5-6H2,1-4H3. The molecule has 56 valence electrons. The van der Waals surface area contributed by atoms with Crippen LogP contribution in [0.1, 0.15) is 34.1 Å². The maximum absolute atomic E-state index is 4.32. The molecular formula is C8H18S. The lowest BCUT2D eigenvalue weighted by molar-refractivity contribution is 0.248. The molecule has 0 spiro atoms. The van der Waals surface area contributed by atoms with E-state index in [2.05, 4.69) is 40.3 Å². The highest BCUT2D eigenvalue weighted by atomic mass is 32.1. The quantitative estimate of drug-likeness (QED) is 0.581. The molecule has 1 unspecified atom stereocenters. The van der Waals surface area contributed by atoms with Gasteiger partial charge in [0.05, 0.1) is 0 Å². The van der Waals surface area contributed by atoms with E-state index >= 15 is 0 Å². The fourth-order valence-electron chi connectivity index (χ4n) is 0.703. The number of rotatable bonds is 3. The second kappa shape index (κ2) is 3.50. The summed E-state index contributed by atoms with van der Waals surface area (Å²) in [5, 5.41) is 0. The average molecular weight is 146 g/mol. The highest BCUT2D eigenvalue weighted by Crippen LogP contribution is 2.31. The van der Waals surface area contributed by atoms with Crippen molar-refractivity contribution in [3.8, 4) is 0 Å². The summed E-state index contributed by atoms with van der Waals surface area (Å²) < 4.78 is 0. The highest BCUT2D eigenvalue weighted by molar-refractivity contribution is 7.80. The van der Waals surface area contributed by atoms with E-state index in [1.54, 1.807) is 0 Å². The van der Waals surface area contributed by atoms with Crippen LogP contribution >= 0.6 is 12.6 Å². The van der Waals surface area contributed by atoms with Gasteiger partial charge in [-0.1, -0.05) is 27.7 Å². The fourth-order valence-corrected chi connectivity index (χ4v) is 1.29. The SMILES string of the molecule is CCC(C)(CS)C(C)C. The van der Waals surface area contributed by atoms with E-state index in [1.165, 1.54) is 6.42 Å². The molecule has 0 heterocycles. The van der Waals surface area contributed by atoms with E-state index in [1.807, 2.05) is 0 Å². The van der Waals surface area contributed by atoms with Crippen molar-refractivity contribution < 1.29 is 0 Å². The second-order valence-electron chi connectivity index (χ2n) is 3.32. The van der Waals surface area contributed by atoms with E-state index in [0.29, 0.717) is 5.41 Å². The van der Waals surface area contributed by atoms with Crippen molar-refractivity contribution in [1.82, 2.24) is 0 Å². The molecule has 0 aliphatic carbocycles. The summed E-state index contributed by atoms with van der Waals surface area (Å²) >= 11 is 4.32. The van der Waals surface area contributed by atoms with Crippen LogP contribution in [0.5, 0.6) is 0 Å². The van der Waals surface area contributed by atoms with Gasteiger partial charge >= 0.3 is 0 Å². The molecule has 0 nitrogen and oxygen atoms in total. The third-order valence-corrected chi connectivity index (χ3v) is 3.29. The van der Waals surface area contributed by atoms with Crippen molar-refractivity contribution in [3.63, 3.8) is 0 Å². The molecule has 0 saturated carbocycles. The number of hydrogen-bond donors (Lipinski definition) is 1. The smallest absolute Gasteiger partial charge is 0.00415 e. The summed E-state index contributed by atoms with van der Waals surface area (Å²) in [6.45, 7) is 9.06. The molecule has 0 aliphatic heterocycles. The van der Waals surface area contributed by atoms with Gasteiger partial charge in [-0.3, -0.25) is 0 Å². The third-order valence-electron chi connectivity index (χ3n) is 2.56. The van der Waals surface area contributed by atoms with Crippen molar-refractivity contribution >= 4 is 12.6 Å². The number of thiol groups is 1. The van der Waals surface area contributed by atoms with E-state index in [9.17, 15) is 0 Å². The zero-order valence-corrected chi connectivity index (χ0v) is 7.83. The summed E-state index contributed by atoms with van der Waals surface area (Å²) in [5.74, 6) is 1.75. The first-order valence-corrected chi connectivity index (χ1v) is 4.31. The molecule has 9 heavy (non-hydrogen) atoms. The van der Waals surface area contributed by atoms with Gasteiger partial charge in [-0.15, -0.1) is 0 Å². The summed E-state index contributed by atoms with van der Waals surface area (Å²) in [5.41, 5.74) is 0.448. The maximum Gasteiger partial charge on any atom is -0.00415 e. The summed E-state index contributed by atoms with van der Waals surface area (Å²) in [6, 6.07) is 0. The van der Waals surface area contributed by atoms with Crippen LogP contribution in [0.15, 0.2) is 0 Å². The van der Waals surface area contributed by atoms with Crippen LogP contribution in [0, 0.1) is 11.3 Å². The molecule has 0 aromatic rings. The van der Waals surface area contributed by atoms with Crippen molar-refractivity contribution in [2.45, 2.75) is 34.1 Å². The Morgan fingerprint density at radius 2 is 1.89 bits per heavy atom.